The van der Waals surface area contributed by atoms with Crippen molar-refractivity contribution in [3.8, 4) is 11.5 Å². The molecule has 164 valence electrons. The number of para-hydroxylation sites is 1. The van der Waals surface area contributed by atoms with E-state index in [1.54, 1.807) is 24.3 Å². The van der Waals surface area contributed by atoms with Gasteiger partial charge in [-0.2, -0.15) is 0 Å². The highest BCUT2D eigenvalue weighted by molar-refractivity contribution is 5.96. The van der Waals surface area contributed by atoms with Crippen molar-refractivity contribution in [3.63, 3.8) is 0 Å². The molecular formula is C24H28N2O5. The monoisotopic (exact) mass is 424 g/mol. The third-order valence-electron chi connectivity index (χ3n) is 5.07. The van der Waals surface area contributed by atoms with E-state index < -0.39 is 11.9 Å². The fraction of sp³-hybridized carbons (Fsp3) is 0.375. The van der Waals surface area contributed by atoms with Crippen molar-refractivity contribution in [3.05, 3.63) is 60.2 Å². The van der Waals surface area contributed by atoms with Gasteiger partial charge in [-0.1, -0.05) is 43.9 Å². The van der Waals surface area contributed by atoms with Crippen LogP contribution < -0.4 is 15.4 Å². The van der Waals surface area contributed by atoms with Crippen LogP contribution in [0.3, 0.4) is 0 Å². The minimum atomic E-state index is -0.659. The van der Waals surface area contributed by atoms with Gasteiger partial charge in [0.25, 0.3) is 11.8 Å². The second-order valence-electron chi connectivity index (χ2n) is 7.54. The highest BCUT2D eigenvalue weighted by Crippen LogP contribution is 2.21. The third kappa shape index (κ3) is 7.77. The normalized spacial score (nSPS) is 14.2. The van der Waals surface area contributed by atoms with Crippen molar-refractivity contribution in [2.24, 2.45) is 0 Å². The van der Waals surface area contributed by atoms with Crippen LogP contribution in [0.1, 0.15) is 48.9 Å². The van der Waals surface area contributed by atoms with Crippen LogP contribution in [0.2, 0.25) is 0 Å². The Labute approximate surface area is 182 Å². The Balaban J connectivity index is 1.36. The van der Waals surface area contributed by atoms with Gasteiger partial charge in [0.2, 0.25) is 0 Å². The topological polar surface area (TPSA) is 93.7 Å². The average Bonchev–Trinajstić information content (AvgIpc) is 3.06. The van der Waals surface area contributed by atoms with E-state index in [-0.39, 0.29) is 25.1 Å². The number of rotatable bonds is 8. The second-order valence-corrected chi connectivity index (χ2v) is 7.54. The Morgan fingerprint density at radius 3 is 2.16 bits per heavy atom. The average molecular weight is 424 g/mol. The van der Waals surface area contributed by atoms with Crippen LogP contribution in [0.15, 0.2) is 54.6 Å². The number of carbonyl (C=O) groups is 3. The van der Waals surface area contributed by atoms with E-state index in [9.17, 15) is 14.4 Å². The summed E-state index contributed by atoms with van der Waals surface area (Å²) in [6, 6.07) is 16.0. The van der Waals surface area contributed by atoms with Gasteiger partial charge in [-0.25, -0.2) is 0 Å². The maximum atomic E-state index is 12.2. The molecule has 1 saturated carbocycles. The first-order valence-corrected chi connectivity index (χ1v) is 10.7. The van der Waals surface area contributed by atoms with E-state index in [0.717, 1.165) is 25.7 Å². The number of esters is 1. The Hall–Kier alpha value is -3.35. The zero-order valence-corrected chi connectivity index (χ0v) is 17.5. The van der Waals surface area contributed by atoms with Crippen molar-refractivity contribution < 1.29 is 23.9 Å². The number of hydrogen-bond donors (Lipinski definition) is 2. The van der Waals surface area contributed by atoms with Crippen molar-refractivity contribution >= 4 is 17.8 Å². The van der Waals surface area contributed by atoms with Crippen molar-refractivity contribution in [2.45, 2.75) is 44.6 Å². The number of ether oxygens (including phenoxy) is 2. The lowest BCUT2D eigenvalue weighted by molar-refractivity contribution is -0.147. The van der Waals surface area contributed by atoms with E-state index in [0.29, 0.717) is 17.1 Å². The summed E-state index contributed by atoms with van der Waals surface area (Å²) in [7, 11) is 0. The molecule has 0 spiro atoms. The summed E-state index contributed by atoms with van der Waals surface area (Å²) in [6.07, 6.45) is 6.54. The van der Waals surface area contributed by atoms with Gasteiger partial charge < -0.3 is 20.1 Å². The Morgan fingerprint density at radius 2 is 1.48 bits per heavy atom. The molecule has 2 aromatic rings. The van der Waals surface area contributed by atoms with Gasteiger partial charge in [-0.05, 0) is 49.2 Å². The van der Waals surface area contributed by atoms with E-state index >= 15 is 0 Å². The van der Waals surface area contributed by atoms with Crippen LogP contribution in [-0.2, 0) is 14.3 Å². The predicted molar refractivity (Wildman–Crippen MR) is 116 cm³/mol. The maximum absolute atomic E-state index is 12.2. The van der Waals surface area contributed by atoms with Gasteiger partial charge >= 0.3 is 5.97 Å². The Bertz CT molecular complexity index is 859. The molecule has 2 amide bonds. The summed E-state index contributed by atoms with van der Waals surface area (Å²) in [5, 5.41) is 5.41. The molecule has 0 aliphatic heterocycles. The molecule has 3 rings (SSSR count). The largest absolute Gasteiger partial charge is 0.457 e. The van der Waals surface area contributed by atoms with E-state index in [4.69, 9.17) is 9.47 Å². The first-order chi connectivity index (χ1) is 15.1. The molecule has 0 heterocycles. The third-order valence-corrected chi connectivity index (χ3v) is 5.07. The second kappa shape index (κ2) is 11.7. The van der Waals surface area contributed by atoms with Gasteiger partial charge in [0.15, 0.2) is 6.61 Å². The summed E-state index contributed by atoms with van der Waals surface area (Å²) in [5.74, 6) is -0.0764. The molecule has 1 fully saturated rings. The molecule has 0 unspecified atom stereocenters. The number of carbonyl (C=O) groups excluding carboxylic acids is 3. The summed E-state index contributed by atoms with van der Waals surface area (Å²) in [5.41, 5.74) is 0.388. The summed E-state index contributed by atoms with van der Waals surface area (Å²) >= 11 is 0. The number of amides is 2. The van der Waals surface area contributed by atoms with Crippen LogP contribution in [0.5, 0.6) is 11.5 Å². The van der Waals surface area contributed by atoms with Gasteiger partial charge in [0, 0.05) is 11.6 Å². The minimum Gasteiger partial charge on any atom is -0.457 e. The molecule has 1 aliphatic rings. The van der Waals surface area contributed by atoms with E-state index in [1.165, 1.54) is 12.8 Å². The molecule has 0 saturated heterocycles. The molecule has 7 nitrogen and oxygen atoms in total. The molecule has 2 aromatic carbocycles. The number of hydrogen-bond acceptors (Lipinski definition) is 5. The summed E-state index contributed by atoms with van der Waals surface area (Å²) in [4.78, 5) is 36.0. The lowest BCUT2D eigenvalue weighted by atomic mass is 10.1. The smallest absolute Gasteiger partial charge is 0.325 e. The van der Waals surface area contributed by atoms with Crippen LogP contribution in [-0.4, -0.2) is 37.0 Å². The molecular weight excluding hydrogens is 396 g/mol. The standard InChI is InChI=1S/C24H28N2O5/c27-22(26-19-8-4-1-2-5-9-19)17-30-23(28)16-25-24(29)18-12-14-21(15-13-18)31-20-10-6-3-7-11-20/h3,6-7,10-15,19H,1-2,4-5,8-9,16-17H2,(H,25,29)(H,26,27). The molecule has 0 radical (unpaired) electrons. The number of benzene rings is 2. The zero-order chi connectivity index (χ0) is 21.9. The predicted octanol–water partition coefficient (Wildman–Crippen LogP) is 3.59. The van der Waals surface area contributed by atoms with Crippen LogP contribution in [0.4, 0.5) is 0 Å². The highest BCUT2D eigenvalue weighted by Gasteiger charge is 2.16. The van der Waals surface area contributed by atoms with Gasteiger partial charge in [0.05, 0.1) is 0 Å². The molecule has 0 bridgehead atoms. The van der Waals surface area contributed by atoms with Crippen molar-refractivity contribution in [1.29, 1.82) is 0 Å². The van der Waals surface area contributed by atoms with Gasteiger partial charge in [-0.3, -0.25) is 14.4 Å². The van der Waals surface area contributed by atoms with E-state index in [2.05, 4.69) is 10.6 Å². The summed E-state index contributed by atoms with van der Waals surface area (Å²) in [6.45, 7) is -0.644. The van der Waals surface area contributed by atoms with Crippen LogP contribution >= 0.6 is 0 Å². The maximum Gasteiger partial charge on any atom is 0.325 e. The number of nitrogens with one attached hydrogen (secondary N) is 2. The molecule has 1 aliphatic carbocycles. The minimum absolute atomic E-state index is 0.155. The molecule has 7 heteroatoms. The van der Waals surface area contributed by atoms with E-state index in [1.807, 2.05) is 30.3 Å². The first kappa shape index (κ1) is 22.3. The highest BCUT2D eigenvalue weighted by atomic mass is 16.5. The lowest BCUT2D eigenvalue weighted by Gasteiger charge is -2.16. The van der Waals surface area contributed by atoms with Crippen LogP contribution in [0, 0.1) is 0 Å². The molecule has 0 aromatic heterocycles. The fourth-order valence-electron chi connectivity index (χ4n) is 3.44. The lowest BCUT2D eigenvalue weighted by Crippen LogP contribution is -2.38. The van der Waals surface area contributed by atoms with Crippen molar-refractivity contribution in [2.75, 3.05) is 13.2 Å². The molecule has 0 atom stereocenters. The zero-order valence-electron chi connectivity index (χ0n) is 17.5. The van der Waals surface area contributed by atoms with Gasteiger partial charge in [0.1, 0.15) is 18.0 Å². The fourth-order valence-corrected chi connectivity index (χ4v) is 3.44. The summed E-state index contributed by atoms with van der Waals surface area (Å²) < 4.78 is 10.6. The first-order valence-electron chi connectivity index (χ1n) is 10.7. The van der Waals surface area contributed by atoms with Crippen molar-refractivity contribution in [1.82, 2.24) is 10.6 Å². The quantitative estimate of drug-likeness (QED) is 0.499. The molecule has 2 N–H and O–H groups in total. The van der Waals surface area contributed by atoms with Crippen LogP contribution in [0.25, 0.3) is 0 Å². The molecule has 31 heavy (non-hydrogen) atoms. The Kier molecular flexibility index (Phi) is 8.46. The Morgan fingerprint density at radius 1 is 0.839 bits per heavy atom. The van der Waals surface area contributed by atoms with Gasteiger partial charge in [-0.15, -0.1) is 0 Å². The SMILES string of the molecule is O=C(COC(=O)CNC(=O)c1ccc(Oc2ccccc2)cc1)NC1CCCCCC1.